The molecule has 8 nitrogen and oxygen atoms in total. The highest BCUT2D eigenvalue weighted by atomic mass is 32.2. The zero-order chi connectivity index (χ0) is 20.0. The first kappa shape index (κ1) is 20.8. The summed E-state index contributed by atoms with van der Waals surface area (Å²) in [6.45, 7) is 2.66. The number of ether oxygens (including phenoxy) is 1. The standard InChI is InChI=1S/C18H23N3O5S/c1-4-14-7-5-6-8-17(14)26-18-10-9-15(13-16(18)21(22)23)27(24,25)19-11-12-20(2)3/h5-10,13,19H,4,11-12H2,1-3H3. The highest BCUT2D eigenvalue weighted by molar-refractivity contribution is 7.89. The van der Waals surface area contributed by atoms with Gasteiger partial charge in [-0.2, -0.15) is 0 Å². The van der Waals surface area contributed by atoms with Crippen LogP contribution in [0.4, 0.5) is 5.69 Å². The summed E-state index contributed by atoms with van der Waals surface area (Å²) in [5.41, 5.74) is 0.491. The second-order valence-corrected chi connectivity index (χ2v) is 7.92. The molecule has 0 aromatic heterocycles. The fourth-order valence-corrected chi connectivity index (χ4v) is 3.43. The van der Waals surface area contributed by atoms with E-state index < -0.39 is 20.6 Å². The lowest BCUT2D eigenvalue weighted by Crippen LogP contribution is -2.31. The Hall–Kier alpha value is -2.49. The van der Waals surface area contributed by atoms with Crippen LogP contribution < -0.4 is 9.46 Å². The lowest BCUT2D eigenvalue weighted by Gasteiger charge is -2.13. The van der Waals surface area contributed by atoms with Gasteiger partial charge in [0, 0.05) is 19.2 Å². The van der Waals surface area contributed by atoms with Crippen LogP contribution in [-0.4, -0.2) is 45.4 Å². The molecule has 0 aliphatic carbocycles. The summed E-state index contributed by atoms with van der Waals surface area (Å²) in [4.78, 5) is 12.5. The van der Waals surface area contributed by atoms with Gasteiger partial charge in [0.05, 0.1) is 9.82 Å². The van der Waals surface area contributed by atoms with Crippen LogP contribution in [-0.2, 0) is 16.4 Å². The van der Waals surface area contributed by atoms with E-state index in [0.29, 0.717) is 18.7 Å². The largest absolute Gasteiger partial charge is 0.450 e. The van der Waals surface area contributed by atoms with E-state index in [1.807, 2.05) is 38.1 Å². The van der Waals surface area contributed by atoms with Crippen molar-refractivity contribution in [1.82, 2.24) is 9.62 Å². The van der Waals surface area contributed by atoms with Gasteiger partial charge in [-0.05, 0) is 44.3 Å². The summed E-state index contributed by atoms with van der Waals surface area (Å²) in [6.07, 6.45) is 0.701. The first-order valence-corrected chi connectivity index (χ1v) is 9.91. The molecule has 0 heterocycles. The molecule has 0 atom stereocenters. The molecule has 0 saturated carbocycles. The fraction of sp³-hybridized carbons (Fsp3) is 0.333. The highest BCUT2D eigenvalue weighted by Crippen LogP contribution is 2.34. The molecule has 0 bridgehead atoms. The number of nitro benzene ring substituents is 1. The molecule has 0 aliphatic heterocycles. The summed E-state index contributed by atoms with van der Waals surface area (Å²) in [5.74, 6) is 0.496. The van der Waals surface area contributed by atoms with Crippen LogP contribution in [0.15, 0.2) is 47.4 Å². The van der Waals surface area contributed by atoms with E-state index in [9.17, 15) is 18.5 Å². The lowest BCUT2D eigenvalue weighted by molar-refractivity contribution is -0.385. The smallest absolute Gasteiger partial charge is 0.312 e. The van der Waals surface area contributed by atoms with Crippen molar-refractivity contribution in [3.63, 3.8) is 0 Å². The molecule has 9 heteroatoms. The SMILES string of the molecule is CCc1ccccc1Oc1ccc(S(=O)(=O)NCCN(C)C)cc1[N+](=O)[O-]. The van der Waals surface area contributed by atoms with Gasteiger partial charge in [0.1, 0.15) is 5.75 Å². The van der Waals surface area contributed by atoms with Crippen molar-refractivity contribution in [2.75, 3.05) is 27.2 Å². The quantitative estimate of drug-likeness (QED) is 0.519. The van der Waals surface area contributed by atoms with E-state index in [4.69, 9.17) is 4.74 Å². The normalized spacial score (nSPS) is 11.6. The van der Waals surface area contributed by atoms with Crippen molar-refractivity contribution in [3.05, 3.63) is 58.1 Å². The minimum absolute atomic E-state index is 0.00635. The minimum atomic E-state index is -3.85. The maximum atomic E-state index is 12.4. The van der Waals surface area contributed by atoms with E-state index in [1.54, 1.807) is 12.1 Å². The first-order valence-electron chi connectivity index (χ1n) is 8.43. The van der Waals surface area contributed by atoms with Crippen molar-refractivity contribution in [3.8, 4) is 11.5 Å². The second-order valence-electron chi connectivity index (χ2n) is 6.15. The molecule has 146 valence electrons. The Labute approximate surface area is 159 Å². The number of nitro groups is 1. The maximum absolute atomic E-state index is 12.4. The number of rotatable bonds is 9. The van der Waals surface area contributed by atoms with Crippen LogP contribution in [0.5, 0.6) is 11.5 Å². The fourth-order valence-electron chi connectivity index (χ4n) is 2.39. The number of sulfonamides is 1. The van der Waals surface area contributed by atoms with Gasteiger partial charge in [-0.1, -0.05) is 25.1 Å². The van der Waals surface area contributed by atoms with E-state index in [2.05, 4.69) is 4.72 Å². The molecular formula is C18H23N3O5S. The number of likely N-dealkylation sites (N-methyl/N-ethyl adjacent to an activating group) is 1. The molecule has 1 N–H and O–H groups in total. The van der Waals surface area contributed by atoms with Gasteiger partial charge in [0.25, 0.3) is 0 Å². The molecule has 0 aliphatic rings. The number of nitrogens with one attached hydrogen (secondary N) is 1. The third-order valence-corrected chi connectivity index (χ3v) is 5.32. The predicted molar refractivity (Wildman–Crippen MR) is 103 cm³/mol. The number of benzene rings is 2. The topological polar surface area (TPSA) is 102 Å². The van der Waals surface area contributed by atoms with Gasteiger partial charge in [-0.15, -0.1) is 0 Å². The molecule has 0 fully saturated rings. The van der Waals surface area contributed by atoms with E-state index in [0.717, 1.165) is 11.6 Å². The van der Waals surface area contributed by atoms with Gasteiger partial charge in [-0.25, -0.2) is 13.1 Å². The van der Waals surface area contributed by atoms with Gasteiger partial charge < -0.3 is 9.64 Å². The number of para-hydroxylation sites is 1. The average molecular weight is 393 g/mol. The van der Waals surface area contributed by atoms with E-state index >= 15 is 0 Å². The van der Waals surface area contributed by atoms with Crippen LogP contribution in [0, 0.1) is 10.1 Å². The Bertz CT molecular complexity index is 913. The molecule has 27 heavy (non-hydrogen) atoms. The van der Waals surface area contributed by atoms with Gasteiger partial charge in [0.15, 0.2) is 0 Å². The van der Waals surface area contributed by atoms with Gasteiger partial charge in [-0.3, -0.25) is 10.1 Å². The molecule has 0 amide bonds. The molecular weight excluding hydrogens is 370 g/mol. The summed E-state index contributed by atoms with van der Waals surface area (Å²) in [5, 5.41) is 11.5. The maximum Gasteiger partial charge on any atom is 0.312 e. The minimum Gasteiger partial charge on any atom is -0.450 e. The highest BCUT2D eigenvalue weighted by Gasteiger charge is 2.23. The number of hydrogen-bond donors (Lipinski definition) is 1. The van der Waals surface area contributed by atoms with Gasteiger partial charge >= 0.3 is 5.69 Å². The van der Waals surface area contributed by atoms with Crippen LogP contribution in [0.3, 0.4) is 0 Å². The summed E-state index contributed by atoms with van der Waals surface area (Å²) in [6, 6.07) is 10.8. The van der Waals surface area contributed by atoms with Crippen LogP contribution in [0.25, 0.3) is 0 Å². The second kappa shape index (κ2) is 8.94. The van der Waals surface area contributed by atoms with Crippen molar-refractivity contribution in [1.29, 1.82) is 0 Å². The first-order chi connectivity index (χ1) is 12.7. The molecule has 0 radical (unpaired) electrons. The van der Waals surface area contributed by atoms with Crippen LogP contribution in [0.2, 0.25) is 0 Å². The lowest BCUT2D eigenvalue weighted by atomic mass is 10.1. The summed E-state index contributed by atoms with van der Waals surface area (Å²) in [7, 11) is -0.213. The summed E-state index contributed by atoms with van der Waals surface area (Å²) >= 11 is 0. The molecule has 0 spiro atoms. The molecule has 2 aromatic carbocycles. The average Bonchev–Trinajstić information content (AvgIpc) is 2.61. The van der Waals surface area contributed by atoms with Crippen LogP contribution in [0.1, 0.15) is 12.5 Å². The van der Waals surface area contributed by atoms with Crippen molar-refractivity contribution >= 4 is 15.7 Å². The van der Waals surface area contributed by atoms with Crippen LogP contribution >= 0.6 is 0 Å². The Morgan fingerprint density at radius 1 is 1.15 bits per heavy atom. The molecule has 0 saturated heterocycles. The Morgan fingerprint density at radius 2 is 1.85 bits per heavy atom. The third kappa shape index (κ3) is 5.49. The molecule has 2 rings (SSSR count). The number of aryl methyl sites for hydroxylation is 1. The zero-order valence-corrected chi connectivity index (χ0v) is 16.3. The summed E-state index contributed by atoms with van der Waals surface area (Å²) < 4.78 is 32.9. The van der Waals surface area contributed by atoms with Crippen molar-refractivity contribution in [2.24, 2.45) is 0 Å². The zero-order valence-electron chi connectivity index (χ0n) is 15.5. The monoisotopic (exact) mass is 393 g/mol. The van der Waals surface area contributed by atoms with Gasteiger partial charge in [0.2, 0.25) is 15.8 Å². The van der Waals surface area contributed by atoms with E-state index in [-0.39, 0.29) is 17.2 Å². The Kier molecular flexibility index (Phi) is 6.89. The molecule has 2 aromatic rings. The Morgan fingerprint density at radius 3 is 2.48 bits per heavy atom. The van der Waals surface area contributed by atoms with Crippen molar-refractivity contribution < 1.29 is 18.1 Å². The van der Waals surface area contributed by atoms with Crippen molar-refractivity contribution in [2.45, 2.75) is 18.2 Å². The van der Waals surface area contributed by atoms with E-state index in [1.165, 1.54) is 12.1 Å². The third-order valence-electron chi connectivity index (χ3n) is 3.86. The number of nitrogens with zero attached hydrogens (tertiary/aromatic N) is 2. The number of hydrogen-bond acceptors (Lipinski definition) is 6. The Balaban J connectivity index is 2.33. The molecule has 0 unspecified atom stereocenters. The predicted octanol–water partition coefficient (Wildman–Crippen LogP) is 2.79.